The Morgan fingerprint density at radius 1 is 1.13 bits per heavy atom. The van der Waals surface area contributed by atoms with Crippen molar-refractivity contribution < 1.29 is 23.5 Å². The van der Waals surface area contributed by atoms with Crippen molar-refractivity contribution in [2.45, 2.75) is 33.9 Å². The molecule has 8 heteroatoms. The number of nitrogens with zero attached hydrogens (tertiary/aromatic N) is 2. The van der Waals surface area contributed by atoms with Crippen molar-refractivity contribution in [3.05, 3.63) is 64.7 Å². The predicted octanol–water partition coefficient (Wildman–Crippen LogP) is 3.60. The number of aryl methyl sites for hydroxylation is 2. The molecule has 8 nitrogen and oxygen atoms in total. The zero-order valence-electron chi connectivity index (χ0n) is 17.5. The molecule has 1 N–H and O–H groups in total. The first-order chi connectivity index (χ1) is 14.5. The van der Waals surface area contributed by atoms with Crippen LogP contribution in [0.1, 0.15) is 39.9 Å². The second kappa shape index (κ2) is 9.78. The molecule has 0 aliphatic carbocycles. The summed E-state index contributed by atoms with van der Waals surface area (Å²) in [5.74, 6) is 2.03. The van der Waals surface area contributed by atoms with E-state index in [4.69, 9.17) is 18.7 Å². The normalized spacial score (nSPS) is 10.5. The van der Waals surface area contributed by atoms with E-state index in [1.807, 2.05) is 26.8 Å². The molecule has 0 radical (unpaired) electrons. The van der Waals surface area contributed by atoms with Gasteiger partial charge >= 0.3 is 0 Å². The van der Waals surface area contributed by atoms with Gasteiger partial charge in [0.05, 0.1) is 25.0 Å². The number of amides is 1. The first kappa shape index (κ1) is 21.2. The molecule has 0 aliphatic rings. The number of carbonyl (C=O) groups excluding carboxylic acids is 1. The van der Waals surface area contributed by atoms with Gasteiger partial charge in [-0.15, -0.1) is 0 Å². The molecule has 0 fully saturated rings. The highest BCUT2D eigenvalue weighted by Gasteiger charge is 2.14. The molecule has 3 aromatic rings. The zero-order valence-corrected chi connectivity index (χ0v) is 17.5. The third-order valence-electron chi connectivity index (χ3n) is 4.52. The van der Waals surface area contributed by atoms with Crippen molar-refractivity contribution in [2.75, 3.05) is 13.7 Å². The molecule has 0 spiro atoms. The molecule has 3 rings (SSSR count). The summed E-state index contributed by atoms with van der Waals surface area (Å²) in [7, 11) is 1.53. The Labute approximate surface area is 175 Å². The summed E-state index contributed by atoms with van der Waals surface area (Å²) in [5.41, 5.74) is 3.04. The summed E-state index contributed by atoms with van der Waals surface area (Å²) in [6.45, 7) is 6.78. The molecule has 0 atom stereocenters. The average Bonchev–Trinajstić information content (AvgIpc) is 3.08. The Morgan fingerprint density at radius 3 is 2.67 bits per heavy atom. The summed E-state index contributed by atoms with van der Waals surface area (Å²) < 4.78 is 21.8. The number of carbonyl (C=O) groups is 1. The number of rotatable bonds is 9. The van der Waals surface area contributed by atoms with E-state index in [2.05, 4.69) is 15.5 Å². The topological polar surface area (TPSA) is 95.7 Å². The van der Waals surface area contributed by atoms with Crippen LogP contribution in [0.3, 0.4) is 0 Å². The van der Waals surface area contributed by atoms with Gasteiger partial charge in [-0.05, 0) is 50.6 Å². The monoisotopic (exact) mass is 411 g/mol. The lowest BCUT2D eigenvalue weighted by atomic mass is 10.1. The largest absolute Gasteiger partial charge is 0.493 e. The zero-order chi connectivity index (χ0) is 21.5. The number of aromatic nitrogens is 2. The van der Waals surface area contributed by atoms with Gasteiger partial charge in [0.1, 0.15) is 12.4 Å². The highest BCUT2D eigenvalue weighted by atomic mass is 16.5. The fourth-order valence-electron chi connectivity index (χ4n) is 2.86. The first-order valence-electron chi connectivity index (χ1n) is 9.60. The second-order valence-electron chi connectivity index (χ2n) is 6.58. The van der Waals surface area contributed by atoms with Gasteiger partial charge in [-0.3, -0.25) is 4.79 Å². The molecule has 0 unspecified atom stereocenters. The summed E-state index contributed by atoms with van der Waals surface area (Å²) in [4.78, 5) is 16.7. The van der Waals surface area contributed by atoms with Crippen LogP contribution in [0.4, 0.5) is 0 Å². The quantitative estimate of drug-likeness (QED) is 0.575. The minimum Gasteiger partial charge on any atom is -0.493 e. The van der Waals surface area contributed by atoms with Gasteiger partial charge in [0.15, 0.2) is 11.5 Å². The van der Waals surface area contributed by atoms with Crippen molar-refractivity contribution in [3.63, 3.8) is 0 Å². The maximum absolute atomic E-state index is 12.6. The molecule has 0 saturated carbocycles. The van der Waals surface area contributed by atoms with E-state index in [-0.39, 0.29) is 5.91 Å². The van der Waals surface area contributed by atoms with Gasteiger partial charge in [0.2, 0.25) is 5.88 Å². The fraction of sp³-hybridized carbons (Fsp3) is 0.318. The van der Waals surface area contributed by atoms with E-state index in [0.717, 1.165) is 16.8 Å². The van der Waals surface area contributed by atoms with Crippen molar-refractivity contribution in [2.24, 2.45) is 0 Å². The number of hydrogen-bond acceptors (Lipinski definition) is 7. The third kappa shape index (κ3) is 5.08. The van der Waals surface area contributed by atoms with Crippen molar-refractivity contribution in [3.8, 4) is 17.4 Å². The van der Waals surface area contributed by atoms with Gasteiger partial charge in [0.25, 0.3) is 5.91 Å². The van der Waals surface area contributed by atoms with Crippen LogP contribution in [0.5, 0.6) is 17.4 Å². The number of methoxy groups -OCH3 is 1. The Bertz CT molecular complexity index is 996. The number of pyridine rings is 1. The molecule has 158 valence electrons. The molecule has 1 aromatic carbocycles. The number of ether oxygens (including phenoxy) is 3. The highest BCUT2D eigenvalue weighted by Crippen LogP contribution is 2.29. The lowest BCUT2D eigenvalue weighted by Crippen LogP contribution is -2.22. The van der Waals surface area contributed by atoms with E-state index < -0.39 is 0 Å². The van der Waals surface area contributed by atoms with Crippen LogP contribution in [0, 0.1) is 13.8 Å². The van der Waals surface area contributed by atoms with Crippen molar-refractivity contribution in [1.82, 2.24) is 15.5 Å². The molecule has 30 heavy (non-hydrogen) atoms. The van der Waals surface area contributed by atoms with Crippen LogP contribution < -0.4 is 19.5 Å². The van der Waals surface area contributed by atoms with Gasteiger partial charge in [0, 0.05) is 24.4 Å². The molecule has 2 aromatic heterocycles. The molecule has 0 aliphatic heterocycles. The molecule has 2 heterocycles. The summed E-state index contributed by atoms with van der Waals surface area (Å²) >= 11 is 0. The van der Waals surface area contributed by atoms with Crippen LogP contribution in [-0.2, 0) is 13.2 Å². The summed E-state index contributed by atoms with van der Waals surface area (Å²) in [6, 6.07) is 8.69. The number of nitrogens with one attached hydrogen (secondary N) is 1. The van der Waals surface area contributed by atoms with Gasteiger partial charge < -0.3 is 24.1 Å². The van der Waals surface area contributed by atoms with Crippen LogP contribution in [0.25, 0.3) is 0 Å². The minimum atomic E-state index is -0.222. The maximum Gasteiger partial charge on any atom is 0.251 e. The van der Waals surface area contributed by atoms with Gasteiger partial charge in [-0.25, -0.2) is 4.98 Å². The van der Waals surface area contributed by atoms with E-state index in [0.29, 0.717) is 48.5 Å². The molecule has 1 amide bonds. The molecule has 0 saturated heterocycles. The van der Waals surface area contributed by atoms with Crippen LogP contribution >= 0.6 is 0 Å². The SMILES string of the molecule is CCOc1cc(CNC(=O)c2ccc(OCc3c(C)noc3C)c(OC)c2)ccn1. The van der Waals surface area contributed by atoms with Crippen molar-refractivity contribution in [1.29, 1.82) is 0 Å². The molecular weight excluding hydrogens is 386 g/mol. The van der Waals surface area contributed by atoms with Crippen LogP contribution in [-0.4, -0.2) is 29.8 Å². The molecular formula is C22H25N3O5. The van der Waals surface area contributed by atoms with E-state index in [1.165, 1.54) is 7.11 Å². The summed E-state index contributed by atoms with van der Waals surface area (Å²) in [5, 5.41) is 6.80. The Morgan fingerprint density at radius 2 is 1.97 bits per heavy atom. The van der Waals surface area contributed by atoms with Gasteiger partial charge in [-0.2, -0.15) is 0 Å². The standard InChI is InChI=1S/C22H25N3O5/c1-5-28-21-10-16(8-9-23-21)12-24-22(26)17-6-7-19(20(11-17)27-4)29-13-18-14(2)25-30-15(18)3/h6-11H,5,12-13H2,1-4H3,(H,24,26). The van der Waals surface area contributed by atoms with E-state index >= 15 is 0 Å². The smallest absolute Gasteiger partial charge is 0.251 e. The fourth-order valence-corrected chi connectivity index (χ4v) is 2.86. The average molecular weight is 411 g/mol. The highest BCUT2D eigenvalue weighted by molar-refractivity contribution is 5.94. The second-order valence-corrected chi connectivity index (χ2v) is 6.58. The first-order valence-corrected chi connectivity index (χ1v) is 9.60. The summed E-state index contributed by atoms with van der Waals surface area (Å²) in [6.07, 6.45) is 1.65. The Hall–Kier alpha value is -3.55. The lowest BCUT2D eigenvalue weighted by molar-refractivity contribution is 0.0950. The minimum absolute atomic E-state index is 0.222. The van der Waals surface area contributed by atoms with Crippen molar-refractivity contribution >= 4 is 5.91 Å². The third-order valence-corrected chi connectivity index (χ3v) is 4.52. The van der Waals surface area contributed by atoms with E-state index in [9.17, 15) is 4.79 Å². The Kier molecular flexibility index (Phi) is 6.90. The Balaban J connectivity index is 1.64. The number of hydrogen-bond donors (Lipinski definition) is 1. The predicted molar refractivity (Wildman–Crippen MR) is 110 cm³/mol. The van der Waals surface area contributed by atoms with Crippen LogP contribution in [0.2, 0.25) is 0 Å². The lowest BCUT2D eigenvalue weighted by Gasteiger charge is -2.12. The van der Waals surface area contributed by atoms with Crippen LogP contribution in [0.15, 0.2) is 41.1 Å². The molecule has 0 bridgehead atoms. The maximum atomic E-state index is 12.6. The number of benzene rings is 1. The van der Waals surface area contributed by atoms with Gasteiger partial charge in [-0.1, -0.05) is 5.16 Å². The van der Waals surface area contributed by atoms with E-state index in [1.54, 1.807) is 30.5 Å².